The predicted octanol–water partition coefficient (Wildman–Crippen LogP) is 1.99. The summed E-state index contributed by atoms with van der Waals surface area (Å²) in [6, 6.07) is 0.389. The van der Waals surface area contributed by atoms with Gasteiger partial charge >= 0.3 is 0 Å². The third kappa shape index (κ3) is 2.82. The Morgan fingerprint density at radius 3 is 2.81 bits per heavy atom. The van der Waals surface area contributed by atoms with Crippen LogP contribution in [0.4, 0.5) is 0 Å². The first-order valence-corrected chi connectivity index (χ1v) is 6.27. The van der Waals surface area contributed by atoms with Gasteiger partial charge in [0.2, 0.25) is 0 Å². The van der Waals surface area contributed by atoms with Gasteiger partial charge in [0.1, 0.15) is 12.2 Å². The van der Waals surface area contributed by atoms with Crippen LogP contribution in [0.5, 0.6) is 0 Å². The molecule has 0 spiro atoms. The Hall–Kier alpha value is -0.900. The van der Waals surface area contributed by atoms with Gasteiger partial charge in [-0.3, -0.25) is 0 Å². The first-order chi connectivity index (χ1) is 7.68. The Morgan fingerprint density at radius 1 is 1.44 bits per heavy atom. The van der Waals surface area contributed by atoms with E-state index in [1.54, 1.807) is 6.33 Å². The fraction of sp³-hybridized carbons (Fsp3) is 0.833. The Labute approximate surface area is 97.5 Å². The smallest absolute Gasteiger partial charge is 0.141 e. The lowest BCUT2D eigenvalue weighted by molar-refractivity contribution is 0.440. The Balaban J connectivity index is 1.77. The summed E-state index contributed by atoms with van der Waals surface area (Å²) in [4.78, 5) is 4.28. The molecule has 1 atom stereocenters. The standard InChI is InChI=1S/C12H22N4/c1-9(2)16-12(14-8-15-16)7-13-6-10(3)11-4-5-11/h8-11,13H,4-7H2,1-3H3. The van der Waals surface area contributed by atoms with Gasteiger partial charge in [-0.1, -0.05) is 6.92 Å². The summed E-state index contributed by atoms with van der Waals surface area (Å²) in [5.41, 5.74) is 0. The minimum absolute atomic E-state index is 0.389. The molecule has 1 N–H and O–H groups in total. The van der Waals surface area contributed by atoms with Gasteiger partial charge in [0.25, 0.3) is 0 Å². The van der Waals surface area contributed by atoms with Crippen molar-refractivity contribution < 1.29 is 0 Å². The fourth-order valence-electron chi connectivity index (χ4n) is 2.08. The van der Waals surface area contributed by atoms with Crippen molar-refractivity contribution in [3.05, 3.63) is 12.2 Å². The molecule has 1 heterocycles. The molecule has 4 heteroatoms. The third-order valence-corrected chi connectivity index (χ3v) is 3.31. The van der Waals surface area contributed by atoms with Crippen LogP contribution in [0, 0.1) is 11.8 Å². The lowest BCUT2D eigenvalue weighted by Crippen LogP contribution is -2.24. The maximum atomic E-state index is 4.28. The van der Waals surface area contributed by atoms with E-state index in [0.29, 0.717) is 6.04 Å². The SMILES string of the molecule is CC(CNCc1ncnn1C(C)C)C1CC1. The van der Waals surface area contributed by atoms with Crippen molar-refractivity contribution in [1.82, 2.24) is 20.1 Å². The summed E-state index contributed by atoms with van der Waals surface area (Å²) in [7, 11) is 0. The largest absolute Gasteiger partial charge is 0.310 e. The fourth-order valence-corrected chi connectivity index (χ4v) is 2.08. The van der Waals surface area contributed by atoms with Crippen LogP contribution in [-0.4, -0.2) is 21.3 Å². The molecule has 1 saturated carbocycles. The lowest BCUT2D eigenvalue weighted by Gasteiger charge is -2.13. The Kier molecular flexibility index (Phi) is 3.59. The van der Waals surface area contributed by atoms with E-state index >= 15 is 0 Å². The normalized spacial score (nSPS) is 18.0. The molecule has 2 rings (SSSR count). The molecule has 90 valence electrons. The quantitative estimate of drug-likeness (QED) is 0.800. The van der Waals surface area contributed by atoms with Crippen molar-refractivity contribution in [3.63, 3.8) is 0 Å². The van der Waals surface area contributed by atoms with Crippen LogP contribution < -0.4 is 5.32 Å². The van der Waals surface area contributed by atoms with Crippen LogP contribution >= 0.6 is 0 Å². The molecule has 1 fully saturated rings. The highest BCUT2D eigenvalue weighted by molar-refractivity contribution is 4.86. The molecule has 1 aromatic rings. The highest BCUT2D eigenvalue weighted by Gasteiger charge is 2.27. The number of hydrogen-bond donors (Lipinski definition) is 1. The van der Waals surface area contributed by atoms with Crippen molar-refractivity contribution in [1.29, 1.82) is 0 Å². The van der Waals surface area contributed by atoms with E-state index in [1.807, 2.05) is 4.68 Å². The molecule has 0 amide bonds. The molecule has 1 aliphatic carbocycles. The zero-order valence-electron chi connectivity index (χ0n) is 10.5. The number of nitrogens with zero attached hydrogens (tertiary/aromatic N) is 3. The van der Waals surface area contributed by atoms with Gasteiger partial charge in [0, 0.05) is 6.04 Å². The van der Waals surface area contributed by atoms with E-state index in [9.17, 15) is 0 Å². The summed E-state index contributed by atoms with van der Waals surface area (Å²) in [6.45, 7) is 8.51. The van der Waals surface area contributed by atoms with Crippen LogP contribution in [0.25, 0.3) is 0 Å². The van der Waals surface area contributed by atoms with Crippen LogP contribution in [0.3, 0.4) is 0 Å². The van der Waals surface area contributed by atoms with E-state index in [0.717, 1.165) is 30.7 Å². The predicted molar refractivity (Wildman–Crippen MR) is 64.0 cm³/mol. The molecule has 1 aliphatic rings. The topological polar surface area (TPSA) is 42.7 Å². The second-order valence-electron chi connectivity index (χ2n) is 5.16. The molecule has 4 nitrogen and oxygen atoms in total. The van der Waals surface area contributed by atoms with E-state index in [2.05, 4.69) is 36.2 Å². The number of nitrogens with one attached hydrogen (secondary N) is 1. The van der Waals surface area contributed by atoms with Crippen LogP contribution in [0.1, 0.15) is 45.5 Å². The summed E-state index contributed by atoms with van der Waals surface area (Å²) in [6.07, 6.45) is 4.48. The summed E-state index contributed by atoms with van der Waals surface area (Å²) in [5, 5.41) is 7.71. The average Bonchev–Trinajstić information content (AvgIpc) is 2.98. The zero-order chi connectivity index (χ0) is 11.5. The van der Waals surface area contributed by atoms with Crippen molar-refractivity contribution in [2.75, 3.05) is 6.54 Å². The van der Waals surface area contributed by atoms with Gasteiger partial charge in [0.05, 0.1) is 6.54 Å². The summed E-state index contributed by atoms with van der Waals surface area (Å²) in [5.74, 6) is 2.81. The Bertz CT molecular complexity index is 328. The lowest BCUT2D eigenvalue weighted by atomic mass is 10.1. The second-order valence-corrected chi connectivity index (χ2v) is 5.16. The number of aromatic nitrogens is 3. The zero-order valence-corrected chi connectivity index (χ0v) is 10.5. The minimum atomic E-state index is 0.389. The van der Waals surface area contributed by atoms with E-state index in [1.165, 1.54) is 12.8 Å². The van der Waals surface area contributed by atoms with Crippen molar-refractivity contribution >= 4 is 0 Å². The average molecular weight is 222 g/mol. The highest BCUT2D eigenvalue weighted by Crippen LogP contribution is 2.36. The van der Waals surface area contributed by atoms with Gasteiger partial charge in [-0.25, -0.2) is 9.67 Å². The maximum Gasteiger partial charge on any atom is 0.141 e. The molecule has 0 bridgehead atoms. The maximum absolute atomic E-state index is 4.28. The second kappa shape index (κ2) is 4.95. The minimum Gasteiger partial charge on any atom is -0.310 e. The van der Waals surface area contributed by atoms with Gasteiger partial charge in [0.15, 0.2) is 0 Å². The van der Waals surface area contributed by atoms with Crippen molar-refractivity contribution in [2.45, 2.75) is 46.2 Å². The number of hydrogen-bond acceptors (Lipinski definition) is 3. The van der Waals surface area contributed by atoms with E-state index in [-0.39, 0.29) is 0 Å². The molecule has 1 unspecified atom stereocenters. The van der Waals surface area contributed by atoms with Gasteiger partial charge in [-0.2, -0.15) is 5.10 Å². The van der Waals surface area contributed by atoms with Crippen molar-refractivity contribution in [3.8, 4) is 0 Å². The summed E-state index contributed by atoms with van der Waals surface area (Å²) >= 11 is 0. The van der Waals surface area contributed by atoms with E-state index in [4.69, 9.17) is 0 Å². The molecule has 16 heavy (non-hydrogen) atoms. The molecular weight excluding hydrogens is 200 g/mol. The number of rotatable bonds is 6. The van der Waals surface area contributed by atoms with Crippen LogP contribution in [-0.2, 0) is 6.54 Å². The summed E-state index contributed by atoms with van der Waals surface area (Å²) < 4.78 is 1.98. The van der Waals surface area contributed by atoms with Crippen LogP contribution in [0.15, 0.2) is 6.33 Å². The molecule has 0 saturated heterocycles. The first kappa shape index (κ1) is 11.6. The Morgan fingerprint density at radius 2 is 2.19 bits per heavy atom. The van der Waals surface area contributed by atoms with Gasteiger partial charge < -0.3 is 5.32 Å². The molecule has 0 aromatic carbocycles. The van der Waals surface area contributed by atoms with Gasteiger partial charge in [-0.05, 0) is 45.1 Å². The van der Waals surface area contributed by atoms with Gasteiger partial charge in [-0.15, -0.1) is 0 Å². The highest BCUT2D eigenvalue weighted by atomic mass is 15.3. The molecule has 0 aliphatic heterocycles. The molecule has 0 radical (unpaired) electrons. The van der Waals surface area contributed by atoms with Crippen molar-refractivity contribution in [2.24, 2.45) is 11.8 Å². The van der Waals surface area contributed by atoms with E-state index < -0.39 is 0 Å². The monoisotopic (exact) mass is 222 g/mol. The van der Waals surface area contributed by atoms with Crippen LogP contribution in [0.2, 0.25) is 0 Å². The molecule has 1 aromatic heterocycles. The molecular formula is C12H22N4. The third-order valence-electron chi connectivity index (χ3n) is 3.31. The first-order valence-electron chi connectivity index (χ1n) is 6.27.